The van der Waals surface area contributed by atoms with Crippen LogP contribution in [0.4, 0.5) is 5.69 Å². The minimum atomic E-state index is -0.0474. The molecule has 1 aromatic carbocycles. The van der Waals surface area contributed by atoms with Crippen molar-refractivity contribution in [3.63, 3.8) is 0 Å². The van der Waals surface area contributed by atoms with Crippen LogP contribution in [0, 0.1) is 0 Å². The average Bonchev–Trinajstić information content (AvgIpc) is 2.82. The fourth-order valence-electron chi connectivity index (χ4n) is 1.54. The molecule has 0 aliphatic rings. The maximum atomic E-state index is 11.9. The summed E-state index contributed by atoms with van der Waals surface area (Å²) in [6, 6.07) is 9.39. The largest absolute Gasteiger partial charge is 0.495 e. The molecular formula is C13H12BrNO2S. The minimum Gasteiger partial charge on any atom is -0.495 e. The third-order valence-corrected chi connectivity index (χ3v) is 3.72. The molecule has 18 heavy (non-hydrogen) atoms. The van der Waals surface area contributed by atoms with E-state index in [4.69, 9.17) is 4.74 Å². The SMILES string of the molecule is COc1ccc(Br)cc1NC(=O)Cc1cccs1. The molecule has 0 saturated carbocycles. The highest BCUT2D eigenvalue weighted by Crippen LogP contribution is 2.28. The van der Waals surface area contributed by atoms with Crippen molar-refractivity contribution >= 4 is 38.9 Å². The zero-order chi connectivity index (χ0) is 13.0. The number of ether oxygens (including phenoxy) is 1. The summed E-state index contributed by atoms with van der Waals surface area (Å²) in [6.45, 7) is 0. The molecule has 0 radical (unpaired) electrons. The summed E-state index contributed by atoms with van der Waals surface area (Å²) < 4.78 is 6.10. The summed E-state index contributed by atoms with van der Waals surface area (Å²) in [7, 11) is 1.58. The van der Waals surface area contributed by atoms with Gasteiger partial charge < -0.3 is 10.1 Å². The van der Waals surface area contributed by atoms with Crippen molar-refractivity contribution in [2.24, 2.45) is 0 Å². The molecule has 0 saturated heterocycles. The highest BCUT2D eigenvalue weighted by Gasteiger charge is 2.09. The zero-order valence-electron chi connectivity index (χ0n) is 9.77. The molecule has 0 bridgehead atoms. The van der Waals surface area contributed by atoms with E-state index < -0.39 is 0 Å². The number of nitrogens with one attached hydrogen (secondary N) is 1. The molecule has 0 unspecified atom stereocenters. The van der Waals surface area contributed by atoms with Crippen molar-refractivity contribution in [3.8, 4) is 5.75 Å². The van der Waals surface area contributed by atoms with Crippen LogP contribution in [0.5, 0.6) is 5.75 Å². The van der Waals surface area contributed by atoms with Crippen LogP contribution in [0.1, 0.15) is 4.88 Å². The number of amides is 1. The van der Waals surface area contributed by atoms with E-state index in [2.05, 4.69) is 21.2 Å². The smallest absolute Gasteiger partial charge is 0.229 e. The first-order valence-corrected chi connectivity index (χ1v) is 7.02. The van der Waals surface area contributed by atoms with Gasteiger partial charge in [0.2, 0.25) is 5.91 Å². The van der Waals surface area contributed by atoms with Crippen molar-refractivity contribution < 1.29 is 9.53 Å². The van der Waals surface area contributed by atoms with Crippen LogP contribution < -0.4 is 10.1 Å². The van der Waals surface area contributed by atoms with Gasteiger partial charge in [0.15, 0.2) is 0 Å². The van der Waals surface area contributed by atoms with Gasteiger partial charge >= 0.3 is 0 Å². The lowest BCUT2D eigenvalue weighted by molar-refractivity contribution is -0.115. The predicted molar refractivity (Wildman–Crippen MR) is 77.3 cm³/mol. The Morgan fingerprint density at radius 3 is 2.94 bits per heavy atom. The molecule has 94 valence electrons. The standard InChI is InChI=1S/C13H12BrNO2S/c1-17-12-5-4-9(14)7-11(12)15-13(16)8-10-3-2-6-18-10/h2-7H,8H2,1H3,(H,15,16). The molecule has 5 heteroatoms. The predicted octanol–water partition coefficient (Wildman–Crippen LogP) is 3.70. The monoisotopic (exact) mass is 325 g/mol. The van der Waals surface area contributed by atoms with E-state index in [1.165, 1.54) is 0 Å². The van der Waals surface area contributed by atoms with Gasteiger partial charge in [-0.2, -0.15) is 0 Å². The van der Waals surface area contributed by atoms with E-state index in [1.807, 2.05) is 35.7 Å². The van der Waals surface area contributed by atoms with Crippen LogP contribution in [0.25, 0.3) is 0 Å². The first-order chi connectivity index (χ1) is 8.69. The number of halogens is 1. The molecular weight excluding hydrogens is 314 g/mol. The van der Waals surface area contributed by atoms with Crippen LogP contribution >= 0.6 is 27.3 Å². The van der Waals surface area contributed by atoms with Crippen LogP contribution in [-0.4, -0.2) is 13.0 Å². The molecule has 0 aliphatic carbocycles. The highest BCUT2D eigenvalue weighted by molar-refractivity contribution is 9.10. The first-order valence-electron chi connectivity index (χ1n) is 5.35. The Hall–Kier alpha value is -1.33. The molecule has 3 nitrogen and oxygen atoms in total. The number of benzene rings is 1. The Kier molecular flexibility index (Phi) is 4.38. The topological polar surface area (TPSA) is 38.3 Å². The molecule has 1 amide bonds. The van der Waals surface area contributed by atoms with Crippen molar-refractivity contribution in [1.29, 1.82) is 0 Å². The molecule has 2 aromatic rings. The first kappa shape index (κ1) is 13.1. The highest BCUT2D eigenvalue weighted by atomic mass is 79.9. The number of anilines is 1. The Morgan fingerprint density at radius 1 is 1.44 bits per heavy atom. The van der Waals surface area contributed by atoms with Gasteiger partial charge in [-0.1, -0.05) is 22.0 Å². The number of methoxy groups -OCH3 is 1. The van der Waals surface area contributed by atoms with Crippen molar-refractivity contribution in [2.75, 3.05) is 12.4 Å². The van der Waals surface area contributed by atoms with Crippen LogP contribution in [-0.2, 0) is 11.2 Å². The van der Waals surface area contributed by atoms with Crippen LogP contribution in [0.3, 0.4) is 0 Å². The third kappa shape index (κ3) is 3.34. The van der Waals surface area contributed by atoms with Crippen molar-refractivity contribution in [3.05, 3.63) is 45.1 Å². The van der Waals surface area contributed by atoms with Crippen molar-refractivity contribution in [2.45, 2.75) is 6.42 Å². The van der Waals surface area contributed by atoms with Gasteiger partial charge in [0.25, 0.3) is 0 Å². The number of hydrogen-bond donors (Lipinski definition) is 1. The lowest BCUT2D eigenvalue weighted by atomic mass is 10.2. The molecule has 1 N–H and O–H groups in total. The summed E-state index contributed by atoms with van der Waals surface area (Å²) in [5, 5.41) is 4.81. The summed E-state index contributed by atoms with van der Waals surface area (Å²) in [6.07, 6.45) is 0.382. The van der Waals surface area contributed by atoms with Gasteiger partial charge in [0, 0.05) is 9.35 Å². The van der Waals surface area contributed by atoms with E-state index in [-0.39, 0.29) is 5.91 Å². The van der Waals surface area contributed by atoms with Crippen molar-refractivity contribution in [1.82, 2.24) is 0 Å². The number of carbonyl (C=O) groups excluding carboxylic acids is 1. The quantitative estimate of drug-likeness (QED) is 0.930. The molecule has 0 atom stereocenters. The van der Waals surface area contributed by atoms with E-state index in [0.717, 1.165) is 9.35 Å². The lowest BCUT2D eigenvalue weighted by Crippen LogP contribution is -2.14. The minimum absolute atomic E-state index is 0.0474. The van der Waals surface area contributed by atoms with E-state index >= 15 is 0 Å². The number of carbonyl (C=O) groups is 1. The second-order valence-electron chi connectivity index (χ2n) is 3.65. The van der Waals surface area contributed by atoms with Crippen LogP contribution in [0.2, 0.25) is 0 Å². The fourth-order valence-corrected chi connectivity index (χ4v) is 2.61. The van der Waals surface area contributed by atoms with E-state index in [1.54, 1.807) is 18.4 Å². The number of rotatable bonds is 4. The molecule has 0 spiro atoms. The molecule has 1 heterocycles. The Morgan fingerprint density at radius 2 is 2.28 bits per heavy atom. The molecule has 0 aliphatic heterocycles. The molecule has 2 rings (SSSR count). The Bertz CT molecular complexity index is 540. The Labute approximate surface area is 118 Å². The fraction of sp³-hybridized carbons (Fsp3) is 0.154. The summed E-state index contributed by atoms with van der Waals surface area (Å²) in [4.78, 5) is 12.9. The summed E-state index contributed by atoms with van der Waals surface area (Å²) >= 11 is 4.94. The molecule has 0 fully saturated rings. The van der Waals surface area contributed by atoms with Crippen LogP contribution in [0.15, 0.2) is 40.2 Å². The van der Waals surface area contributed by atoms with Gasteiger partial charge in [0.05, 0.1) is 19.2 Å². The normalized spacial score (nSPS) is 10.1. The molecule has 1 aromatic heterocycles. The maximum absolute atomic E-state index is 11.9. The summed E-state index contributed by atoms with van der Waals surface area (Å²) in [5.74, 6) is 0.603. The lowest BCUT2D eigenvalue weighted by Gasteiger charge is -2.10. The third-order valence-electron chi connectivity index (χ3n) is 2.35. The van der Waals surface area contributed by atoms with E-state index in [0.29, 0.717) is 17.9 Å². The van der Waals surface area contributed by atoms with E-state index in [9.17, 15) is 4.79 Å². The average molecular weight is 326 g/mol. The van der Waals surface area contributed by atoms with Gasteiger partial charge in [-0.05, 0) is 29.6 Å². The van der Waals surface area contributed by atoms with Gasteiger partial charge in [-0.15, -0.1) is 11.3 Å². The second kappa shape index (κ2) is 6.02. The zero-order valence-corrected chi connectivity index (χ0v) is 12.2. The maximum Gasteiger partial charge on any atom is 0.229 e. The Balaban J connectivity index is 2.08. The summed E-state index contributed by atoms with van der Waals surface area (Å²) in [5.41, 5.74) is 0.674. The number of thiophene rings is 1. The second-order valence-corrected chi connectivity index (χ2v) is 5.60. The number of hydrogen-bond acceptors (Lipinski definition) is 3. The van der Waals surface area contributed by atoms with Gasteiger partial charge in [-0.3, -0.25) is 4.79 Å². The van der Waals surface area contributed by atoms with Gasteiger partial charge in [-0.25, -0.2) is 0 Å². The van der Waals surface area contributed by atoms with Gasteiger partial charge in [0.1, 0.15) is 5.75 Å².